The third-order valence-corrected chi connectivity index (χ3v) is 6.04. The molecule has 1 saturated heterocycles. The molecule has 2 aromatic rings. The molecule has 162 valence electrons. The largest absolute Gasteiger partial charge is 0.502 e. The molecule has 0 spiro atoms. The Labute approximate surface area is 176 Å². The van der Waals surface area contributed by atoms with Crippen LogP contribution in [0.4, 0.5) is 0 Å². The molecule has 0 aliphatic carbocycles. The van der Waals surface area contributed by atoms with Crippen LogP contribution in [0, 0.1) is 0 Å². The van der Waals surface area contributed by atoms with Crippen LogP contribution in [0.25, 0.3) is 0 Å². The molecular weight excluding hydrogens is 384 g/mol. The Balaban J connectivity index is 1.50. The van der Waals surface area contributed by atoms with Gasteiger partial charge in [-0.2, -0.15) is 0 Å². The summed E-state index contributed by atoms with van der Waals surface area (Å²) in [5.74, 6) is 2.18. The molecule has 0 saturated carbocycles. The highest BCUT2D eigenvalue weighted by molar-refractivity contribution is 5.48. The van der Waals surface area contributed by atoms with Gasteiger partial charge in [0.15, 0.2) is 17.3 Å². The second-order valence-corrected chi connectivity index (χ2v) is 8.12. The molecule has 0 unspecified atom stereocenters. The lowest BCUT2D eigenvalue weighted by molar-refractivity contribution is 0.184. The Kier molecular flexibility index (Phi) is 6.29. The first-order valence-corrected chi connectivity index (χ1v) is 10.6. The molecule has 2 aliphatic heterocycles. The minimum absolute atomic E-state index is 0.259. The lowest BCUT2D eigenvalue weighted by atomic mass is 9.98. The summed E-state index contributed by atoms with van der Waals surface area (Å²) in [4.78, 5) is 16.8. The van der Waals surface area contributed by atoms with Crippen LogP contribution < -0.4 is 14.9 Å². The van der Waals surface area contributed by atoms with Crippen LogP contribution in [-0.4, -0.2) is 48.8 Å². The molecule has 7 heteroatoms. The van der Waals surface area contributed by atoms with Crippen molar-refractivity contribution in [2.24, 2.45) is 0 Å². The first kappa shape index (κ1) is 20.8. The zero-order chi connectivity index (χ0) is 21.1. The molecule has 1 aromatic heterocycles. The topological polar surface area (TPSA) is 75.4 Å². The number of hydrogen-bond donors (Lipinski definition) is 1. The fraction of sp³-hybridized carbons (Fsp3) is 0.522. The highest BCUT2D eigenvalue weighted by Crippen LogP contribution is 2.33. The SMILES string of the molecule is COc1cc2c(cc1OC)CN(Cc1cc(=O)c(O)c(CN3CCCCC3)o1)CC2. The van der Waals surface area contributed by atoms with E-state index >= 15 is 0 Å². The maximum atomic E-state index is 12.3. The number of nitrogens with zero attached hydrogens (tertiary/aromatic N) is 2. The average molecular weight is 415 g/mol. The summed E-state index contributed by atoms with van der Waals surface area (Å²) in [5.41, 5.74) is 2.07. The number of rotatable bonds is 6. The van der Waals surface area contributed by atoms with Crippen molar-refractivity contribution in [3.8, 4) is 17.2 Å². The van der Waals surface area contributed by atoms with Crippen LogP contribution in [0.1, 0.15) is 41.9 Å². The van der Waals surface area contributed by atoms with E-state index in [2.05, 4.69) is 9.80 Å². The average Bonchev–Trinajstić information content (AvgIpc) is 2.76. The van der Waals surface area contributed by atoms with Gasteiger partial charge in [0, 0.05) is 19.2 Å². The third-order valence-electron chi connectivity index (χ3n) is 6.04. The van der Waals surface area contributed by atoms with E-state index in [1.54, 1.807) is 14.2 Å². The summed E-state index contributed by atoms with van der Waals surface area (Å²) < 4.78 is 16.8. The highest BCUT2D eigenvalue weighted by atomic mass is 16.5. The van der Waals surface area contributed by atoms with Crippen LogP contribution in [0.15, 0.2) is 27.4 Å². The van der Waals surface area contributed by atoms with Crippen molar-refractivity contribution in [1.29, 1.82) is 0 Å². The molecular formula is C23H30N2O5. The quantitative estimate of drug-likeness (QED) is 0.779. The summed E-state index contributed by atoms with van der Waals surface area (Å²) >= 11 is 0. The van der Waals surface area contributed by atoms with Gasteiger partial charge in [-0.15, -0.1) is 0 Å². The summed E-state index contributed by atoms with van der Waals surface area (Å²) in [6, 6.07) is 5.48. The second kappa shape index (κ2) is 9.10. The van der Waals surface area contributed by atoms with Gasteiger partial charge in [0.1, 0.15) is 5.76 Å². The Morgan fingerprint density at radius 3 is 2.33 bits per heavy atom. The van der Waals surface area contributed by atoms with Crippen LogP contribution in [0.5, 0.6) is 17.2 Å². The molecule has 1 fully saturated rings. The molecule has 0 amide bonds. The number of hydrogen-bond acceptors (Lipinski definition) is 7. The molecule has 0 radical (unpaired) electrons. The number of benzene rings is 1. The van der Waals surface area contributed by atoms with E-state index < -0.39 is 0 Å². The normalized spacial score (nSPS) is 17.5. The van der Waals surface area contributed by atoms with Crippen LogP contribution in [0.2, 0.25) is 0 Å². The maximum absolute atomic E-state index is 12.3. The summed E-state index contributed by atoms with van der Waals surface area (Å²) in [6.45, 7) is 4.55. The Morgan fingerprint density at radius 1 is 0.933 bits per heavy atom. The number of piperidine rings is 1. The molecule has 3 heterocycles. The number of likely N-dealkylation sites (tertiary alicyclic amines) is 1. The van der Waals surface area contributed by atoms with E-state index in [-0.39, 0.29) is 11.2 Å². The third kappa shape index (κ3) is 4.47. The lowest BCUT2D eigenvalue weighted by Gasteiger charge is -2.29. The second-order valence-electron chi connectivity index (χ2n) is 8.12. The highest BCUT2D eigenvalue weighted by Gasteiger charge is 2.22. The first-order chi connectivity index (χ1) is 14.6. The molecule has 0 atom stereocenters. The monoisotopic (exact) mass is 414 g/mol. The number of ether oxygens (including phenoxy) is 2. The van der Waals surface area contributed by atoms with E-state index in [9.17, 15) is 9.90 Å². The van der Waals surface area contributed by atoms with Crippen LogP contribution in [-0.2, 0) is 26.1 Å². The van der Waals surface area contributed by atoms with E-state index in [1.807, 2.05) is 12.1 Å². The molecule has 30 heavy (non-hydrogen) atoms. The molecule has 2 aliphatic rings. The lowest BCUT2D eigenvalue weighted by Crippen LogP contribution is -2.31. The Bertz CT molecular complexity index is 949. The Morgan fingerprint density at radius 2 is 1.63 bits per heavy atom. The van der Waals surface area contributed by atoms with E-state index in [1.165, 1.54) is 23.6 Å². The minimum Gasteiger partial charge on any atom is -0.502 e. The number of aromatic hydroxyl groups is 1. The predicted molar refractivity (Wildman–Crippen MR) is 113 cm³/mol. The summed E-state index contributed by atoms with van der Waals surface area (Å²) in [6.07, 6.45) is 4.41. The van der Waals surface area contributed by atoms with E-state index in [4.69, 9.17) is 13.9 Å². The van der Waals surface area contributed by atoms with Crippen molar-refractivity contribution in [2.75, 3.05) is 33.9 Å². The van der Waals surface area contributed by atoms with Gasteiger partial charge in [-0.1, -0.05) is 6.42 Å². The molecule has 7 nitrogen and oxygen atoms in total. The minimum atomic E-state index is -0.368. The molecule has 0 bridgehead atoms. The van der Waals surface area contributed by atoms with Crippen LogP contribution in [0.3, 0.4) is 0 Å². The van der Waals surface area contributed by atoms with Crippen molar-refractivity contribution >= 4 is 0 Å². The maximum Gasteiger partial charge on any atom is 0.227 e. The van der Waals surface area contributed by atoms with Crippen molar-refractivity contribution in [2.45, 2.75) is 45.3 Å². The zero-order valence-electron chi connectivity index (χ0n) is 17.8. The number of fused-ring (bicyclic) bond motifs is 1. The van der Waals surface area contributed by atoms with Gasteiger partial charge in [0.2, 0.25) is 11.2 Å². The molecule has 1 N–H and O–H groups in total. The predicted octanol–water partition coefficient (Wildman–Crippen LogP) is 2.91. The fourth-order valence-electron chi connectivity index (χ4n) is 4.39. The summed E-state index contributed by atoms with van der Waals surface area (Å²) in [7, 11) is 3.29. The van der Waals surface area contributed by atoms with Gasteiger partial charge in [0.25, 0.3) is 0 Å². The van der Waals surface area contributed by atoms with Gasteiger partial charge < -0.3 is 19.0 Å². The van der Waals surface area contributed by atoms with Crippen molar-refractivity contribution in [3.05, 3.63) is 51.1 Å². The first-order valence-electron chi connectivity index (χ1n) is 10.6. The van der Waals surface area contributed by atoms with Crippen molar-refractivity contribution in [1.82, 2.24) is 9.80 Å². The van der Waals surface area contributed by atoms with E-state index in [0.29, 0.717) is 24.6 Å². The van der Waals surface area contributed by atoms with Gasteiger partial charge in [-0.25, -0.2) is 0 Å². The van der Waals surface area contributed by atoms with Gasteiger partial charge in [-0.3, -0.25) is 14.6 Å². The van der Waals surface area contributed by atoms with Gasteiger partial charge >= 0.3 is 0 Å². The van der Waals surface area contributed by atoms with Crippen LogP contribution >= 0.6 is 0 Å². The van der Waals surface area contributed by atoms with Crippen molar-refractivity contribution < 1.29 is 19.0 Å². The Hall–Kier alpha value is -2.51. The summed E-state index contributed by atoms with van der Waals surface area (Å²) in [5, 5.41) is 10.2. The van der Waals surface area contributed by atoms with Gasteiger partial charge in [0.05, 0.1) is 27.3 Å². The molecule has 4 rings (SSSR count). The van der Waals surface area contributed by atoms with Crippen molar-refractivity contribution in [3.63, 3.8) is 0 Å². The fourth-order valence-corrected chi connectivity index (χ4v) is 4.39. The van der Waals surface area contributed by atoms with E-state index in [0.717, 1.165) is 56.9 Å². The molecule has 1 aromatic carbocycles. The number of methoxy groups -OCH3 is 2. The standard InChI is InChI=1S/C23H30N2O5/c1-28-20-10-16-6-9-25(13-17(16)11-21(20)29-2)14-18-12-19(26)23(27)22(30-18)15-24-7-4-3-5-8-24/h10-12,27H,3-9,13-15H2,1-2H3. The van der Waals surface area contributed by atoms with Gasteiger partial charge in [-0.05, 0) is 55.6 Å². The zero-order valence-corrected chi connectivity index (χ0v) is 17.8. The smallest absolute Gasteiger partial charge is 0.227 e.